The molecule has 0 aliphatic heterocycles. The highest BCUT2D eigenvalue weighted by Gasteiger charge is 2.22. The molecule has 1 atom stereocenters. The maximum atomic E-state index is 6.07. The molecule has 0 aliphatic rings. The molecule has 1 unspecified atom stereocenters. The van der Waals surface area contributed by atoms with Crippen LogP contribution >= 0.6 is 0 Å². The summed E-state index contributed by atoms with van der Waals surface area (Å²) in [6.45, 7) is 17.9. The predicted molar refractivity (Wildman–Crippen MR) is 121 cm³/mol. The third-order valence-electron chi connectivity index (χ3n) is 7.12. The van der Waals surface area contributed by atoms with Crippen LogP contribution in [-0.4, -0.2) is 55.3 Å². The monoisotopic (exact) mass is 642 g/mol. The van der Waals surface area contributed by atoms with E-state index in [9.17, 15) is 0 Å². The Hall–Kier alpha value is 0.140. The average Bonchev–Trinajstić information content (AvgIpc) is 3.12. The predicted octanol–water partition coefficient (Wildman–Crippen LogP) is 0.234. The summed E-state index contributed by atoms with van der Waals surface area (Å²) in [5, 5.41) is 1.22. The normalized spacial score (nSPS) is 13.5. The van der Waals surface area contributed by atoms with Gasteiger partial charge in [0.25, 0.3) is 0 Å². The molecule has 0 amide bonds. The molecule has 0 bridgehead atoms. The maximum absolute atomic E-state index is 6.07. The zero-order chi connectivity index (χ0) is 20.5. The molecule has 0 spiro atoms. The third-order valence-corrected chi connectivity index (χ3v) is 7.12. The second kappa shape index (κ2) is 15.1. The maximum Gasteiger partial charge on any atom is 0.159 e. The molecule has 0 fully saturated rings. The molecule has 0 N–H and O–H groups in total. The minimum atomic E-state index is 0. The van der Waals surface area contributed by atoms with Gasteiger partial charge >= 0.3 is 0 Å². The number of fused-ring (bicyclic) bond motifs is 1. The minimum Gasteiger partial charge on any atom is -1.00 e. The number of nitrogens with zero attached hydrogens (tertiary/aromatic N) is 2. The van der Waals surface area contributed by atoms with E-state index in [2.05, 4.69) is 59.0 Å². The Bertz CT molecular complexity index is 658. The molecule has 2 rings (SSSR count). The molecule has 30 heavy (non-hydrogen) atoms. The largest absolute Gasteiger partial charge is 1.00 e. The Morgan fingerprint density at radius 3 is 1.87 bits per heavy atom. The number of para-hydroxylation sites is 1. The summed E-state index contributed by atoms with van der Waals surface area (Å²) in [6.07, 6.45) is 6.83. The first-order valence-corrected chi connectivity index (χ1v) is 11.7. The fourth-order valence-corrected chi connectivity index (χ4v) is 4.46. The number of furan rings is 1. The van der Waals surface area contributed by atoms with E-state index in [4.69, 9.17) is 4.42 Å². The van der Waals surface area contributed by atoms with Crippen molar-refractivity contribution in [3.8, 4) is 0 Å². The SMILES string of the molecule is CC[N+](C)(CCCCCCC[N+](CC)(CC)CC)Cc1cc2ccccc2o1.[I-].[I-]. The summed E-state index contributed by atoms with van der Waals surface area (Å²) in [5.41, 5.74) is 1.01. The van der Waals surface area contributed by atoms with Gasteiger partial charge in [0.15, 0.2) is 5.76 Å². The number of benzene rings is 1. The Morgan fingerprint density at radius 1 is 0.733 bits per heavy atom. The highest BCUT2D eigenvalue weighted by Crippen LogP contribution is 2.22. The summed E-state index contributed by atoms with van der Waals surface area (Å²) in [4.78, 5) is 0. The molecule has 0 aliphatic carbocycles. The summed E-state index contributed by atoms with van der Waals surface area (Å²) in [7, 11) is 2.38. The molecule has 0 radical (unpaired) electrons. The zero-order valence-corrected chi connectivity index (χ0v) is 24.2. The lowest BCUT2D eigenvalue weighted by Gasteiger charge is -2.36. The fourth-order valence-electron chi connectivity index (χ4n) is 4.46. The van der Waals surface area contributed by atoms with E-state index in [-0.39, 0.29) is 48.0 Å². The van der Waals surface area contributed by atoms with E-state index >= 15 is 0 Å². The number of halogens is 2. The summed E-state index contributed by atoms with van der Waals surface area (Å²) in [5.74, 6) is 1.12. The number of unbranched alkanes of at least 4 members (excludes halogenated alkanes) is 4. The fraction of sp³-hybridized carbons (Fsp3) is 0.680. The highest BCUT2D eigenvalue weighted by atomic mass is 127. The molecular weight excluding hydrogens is 598 g/mol. The van der Waals surface area contributed by atoms with Crippen molar-refractivity contribution >= 4 is 11.0 Å². The molecule has 1 heterocycles. The zero-order valence-electron chi connectivity index (χ0n) is 19.9. The van der Waals surface area contributed by atoms with E-state index in [0.29, 0.717) is 0 Å². The van der Waals surface area contributed by atoms with Crippen LogP contribution in [0.2, 0.25) is 0 Å². The van der Waals surface area contributed by atoms with Crippen molar-refractivity contribution in [1.82, 2.24) is 0 Å². The second-order valence-corrected chi connectivity index (χ2v) is 8.85. The van der Waals surface area contributed by atoms with Gasteiger partial charge in [-0.2, -0.15) is 0 Å². The van der Waals surface area contributed by atoms with Crippen molar-refractivity contribution in [3.63, 3.8) is 0 Å². The average molecular weight is 642 g/mol. The van der Waals surface area contributed by atoms with Gasteiger partial charge in [-0.3, -0.25) is 0 Å². The summed E-state index contributed by atoms with van der Waals surface area (Å²) >= 11 is 0. The first kappa shape index (κ1) is 30.1. The van der Waals surface area contributed by atoms with Crippen LogP contribution in [0.15, 0.2) is 34.7 Å². The van der Waals surface area contributed by atoms with Gasteiger partial charge in [0.05, 0.1) is 46.3 Å². The summed E-state index contributed by atoms with van der Waals surface area (Å²) in [6, 6.07) is 10.6. The molecule has 1 aromatic heterocycles. The van der Waals surface area contributed by atoms with Crippen molar-refractivity contribution in [1.29, 1.82) is 0 Å². The molecule has 174 valence electrons. The van der Waals surface area contributed by atoms with Gasteiger partial charge in [0.1, 0.15) is 12.1 Å². The lowest BCUT2D eigenvalue weighted by molar-refractivity contribution is -0.923. The number of hydrogen-bond acceptors (Lipinski definition) is 1. The number of rotatable bonds is 14. The molecule has 0 saturated carbocycles. The topological polar surface area (TPSA) is 13.1 Å². The lowest BCUT2D eigenvalue weighted by atomic mass is 10.1. The Balaban J connectivity index is 0.00000420. The van der Waals surface area contributed by atoms with Crippen molar-refractivity contribution in [2.75, 3.05) is 46.3 Å². The van der Waals surface area contributed by atoms with Crippen LogP contribution in [0.1, 0.15) is 65.6 Å². The van der Waals surface area contributed by atoms with Crippen LogP contribution in [0.4, 0.5) is 0 Å². The van der Waals surface area contributed by atoms with Crippen molar-refractivity contribution in [2.24, 2.45) is 0 Å². The van der Waals surface area contributed by atoms with E-state index in [1.54, 1.807) is 0 Å². The molecular formula is C25H44I2N2O. The van der Waals surface area contributed by atoms with Gasteiger partial charge in [-0.1, -0.05) is 24.6 Å². The summed E-state index contributed by atoms with van der Waals surface area (Å²) < 4.78 is 8.44. The van der Waals surface area contributed by atoms with Crippen LogP contribution < -0.4 is 48.0 Å². The van der Waals surface area contributed by atoms with Crippen molar-refractivity contribution in [3.05, 3.63) is 36.1 Å². The molecule has 1 aromatic carbocycles. The smallest absolute Gasteiger partial charge is 0.159 e. The standard InChI is InChI=1S/C25H44N2O.2HI/c1-6-26(5,22-24-21-23-17-13-14-18-25(23)28-24)19-15-11-10-12-16-20-27(7-2,8-3)9-4;;/h13-14,17-18,21H,6-12,15-16,19-20,22H2,1-5H3;2*1H/q+2;;/p-2. The molecule has 2 aromatic rings. The third kappa shape index (κ3) is 8.94. The van der Waals surface area contributed by atoms with Gasteiger partial charge in [-0.05, 0) is 65.5 Å². The molecule has 3 nitrogen and oxygen atoms in total. The van der Waals surface area contributed by atoms with Gasteiger partial charge in [0, 0.05) is 5.39 Å². The van der Waals surface area contributed by atoms with E-state index in [1.807, 2.05) is 6.07 Å². The van der Waals surface area contributed by atoms with Crippen molar-refractivity contribution < 1.29 is 61.3 Å². The number of hydrogen-bond donors (Lipinski definition) is 0. The Labute approximate surface area is 219 Å². The van der Waals surface area contributed by atoms with Gasteiger partial charge < -0.3 is 61.3 Å². The van der Waals surface area contributed by atoms with Gasteiger partial charge in [-0.15, -0.1) is 0 Å². The molecule has 0 saturated heterocycles. The lowest BCUT2D eigenvalue weighted by Crippen LogP contribution is -3.00. The van der Waals surface area contributed by atoms with E-state index in [0.717, 1.165) is 28.9 Å². The van der Waals surface area contributed by atoms with E-state index < -0.39 is 0 Å². The van der Waals surface area contributed by atoms with Crippen LogP contribution in [0, 0.1) is 0 Å². The number of quaternary nitrogens is 2. The van der Waals surface area contributed by atoms with Crippen LogP contribution in [0.25, 0.3) is 11.0 Å². The van der Waals surface area contributed by atoms with E-state index in [1.165, 1.54) is 74.7 Å². The first-order chi connectivity index (χ1) is 13.5. The molecule has 5 heteroatoms. The Kier molecular flexibility index (Phi) is 15.1. The quantitative estimate of drug-likeness (QED) is 0.164. The van der Waals surface area contributed by atoms with Crippen LogP contribution in [0.5, 0.6) is 0 Å². The van der Waals surface area contributed by atoms with Crippen molar-refractivity contribution in [2.45, 2.75) is 66.3 Å². The Morgan fingerprint density at radius 2 is 1.30 bits per heavy atom. The first-order valence-electron chi connectivity index (χ1n) is 11.7. The highest BCUT2D eigenvalue weighted by molar-refractivity contribution is 5.77. The van der Waals surface area contributed by atoms with Gasteiger partial charge in [0.2, 0.25) is 0 Å². The van der Waals surface area contributed by atoms with Crippen LogP contribution in [-0.2, 0) is 6.54 Å². The minimum absolute atomic E-state index is 0. The second-order valence-electron chi connectivity index (χ2n) is 8.85. The van der Waals surface area contributed by atoms with Gasteiger partial charge in [-0.25, -0.2) is 0 Å². The van der Waals surface area contributed by atoms with Crippen LogP contribution in [0.3, 0.4) is 0 Å².